The molecule has 0 aliphatic heterocycles. The van der Waals surface area contributed by atoms with E-state index in [0.717, 1.165) is 23.1 Å². The van der Waals surface area contributed by atoms with Gasteiger partial charge in [-0.3, -0.25) is 4.79 Å². The maximum Gasteiger partial charge on any atom is 0.265 e. The zero-order valence-corrected chi connectivity index (χ0v) is 9.39. The van der Waals surface area contributed by atoms with Crippen LogP contribution in [0.5, 0.6) is 0 Å². The standard InChI is InChI=1S/C11H14FNOS/c1-2-8-13-11(14)10(12)15-9-6-4-3-5-7-9/h3-7,10H,2,8H2,1H3,(H,13,14). The maximum atomic E-state index is 13.4. The van der Waals surface area contributed by atoms with Crippen molar-refractivity contribution in [2.24, 2.45) is 0 Å². The van der Waals surface area contributed by atoms with Gasteiger partial charge < -0.3 is 5.32 Å². The molecule has 0 bridgehead atoms. The second-order valence-corrected chi connectivity index (χ2v) is 4.16. The Morgan fingerprint density at radius 2 is 2.13 bits per heavy atom. The van der Waals surface area contributed by atoms with E-state index in [2.05, 4.69) is 5.32 Å². The van der Waals surface area contributed by atoms with E-state index < -0.39 is 11.4 Å². The summed E-state index contributed by atoms with van der Waals surface area (Å²) in [4.78, 5) is 12.0. The van der Waals surface area contributed by atoms with Gasteiger partial charge in [-0.1, -0.05) is 36.9 Å². The number of hydrogen-bond donors (Lipinski definition) is 1. The van der Waals surface area contributed by atoms with Crippen LogP contribution in [0.15, 0.2) is 35.2 Å². The molecule has 1 amide bonds. The molecule has 0 saturated heterocycles. The number of carbonyl (C=O) groups excluding carboxylic acids is 1. The Balaban J connectivity index is 2.41. The van der Waals surface area contributed by atoms with Crippen LogP contribution in [0.4, 0.5) is 4.39 Å². The van der Waals surface area contributed by atoms with Crippen LogP contribution >= 0.6 is 11.8 Å². The van der Waals surface area contributed by atoms with Crippen molar-refractivity contribution < 1.29 is 9.18 Å². The highest BCUT2D eigenvalue weighted by molar-refractivity contribution is 8.00. The van der Waals surface area contributed by atoms with Crippen molar-refractivity contribution in [1.29, 1.82) is 0 Å². The van der Waals surface area contributed by atoms with Gasteiger partial charge in [0.1, 0.15) is 0 Å². The Morgan fingerprint density at radius 1 is 1.47 bits per heavy atom. The summed E-state index contributed by atoms with van der Waals surface area (Å²) < 4.78 is 13.4. The highest BCUT2D eigenvalue weighted by atomic mass is 32.2. The fourth-order valence-electron chi connectivity index (χ4n) is 1.00. The number of amides is 1. The van der Waals surface area contributed by atoms with Gasteiger partial charge in [-0.15, -0.1) is 0 Å². The van der Waals surface area contributed by atoms with Crippen LogP contribution in [0.3, 0.4) is 0 Å². The van der Waals surface area contributed by atoms with Gasteiger partial charge >= 0.3 is 0 Å². The first-order valence-corrected chi connectivity index (χ1v) is 5.75. The Bertz CT molecular complexity index is 305. The second-order valence-electron chi connectivity index (χ2n) is 3.04. The quantitative estimate of drug-likeness (QED) is 0.783. The summed E-state index contributed by atoms with van der Waals surface area (Å²) in [5, 5.41) is 2.52. The van der Waals surface area contributed by atoms with E-state index in [4.69, 9.17) is 0 Å². The molecule has 4 heteroatoms. The lowest BCUT2D eigenvalue weighted by atomic mass is 10.4. The summed E-state index contributed by atoms with van der Waals surface area (Å²) in [6, 6.07) is 9.06. The molecule has 15 heavy (non-hydrogen) atoms. The minimum absolute atomic E-state index is 0.522. The molecule has 0 aliphatic rings. The fraction of sp³-hybridized carbons (Fsp3) is 0.364. The van der Waals surface area contributed by atoms with Crippen LogP contribution in [0, 0.1) is 0 Å². The van der Waals surface area contributed by atoms with Crippen LogP contribution in [0.2, 0.25) is 0 Å². The zero-order valence-electron chi connectivity index (χ0n) is 8.57. The molecule has 1 N–H and O–H groups in total. The van der Waals surface area contributed by atoms with E-state index in [0.29, 0.717) is 6.54 Å². The van der Waals surface area contributed by atoms with E-state index in [9.17, 15) is 9.18 Å². The molecule has 1 unspecified atom stereocenters. The Labute approximate surface area is 93.3 Å². The Kier molecular flexibility index (Phi) is 5.18. The predicted molar refractivity (Wildman–Crippen MR) is 60.5 cm³/mol. The highest BCUT2D eigenvalue weighted by Crippen LogP contribution is 2.23. The van der Waals surface area contributed by atoms with Gasteiger partial charge in [-0.05, 0) is 18.6 Å². The number of benzene rings is 1. The first-order chi connectivity index (χ1) is 7.24. The van der Waals surface area contributed by atoms with E-state index in [-0.39, 0.29) is 0 Å². The minimum atomic E-state index is -1.53. The molecule has 82 valence electrons. The normalized spacial score (nSPS) is 12.1. The molecule has 0 heterocycles. The molecule has 1 rings (SSSR count). The number of hydrogen-bond acceptors (Lipinski definition) is 2. The number of carbonyl (C=O) groups is 1. The van der Waals surface area contributed by atoms with Crippen molar-refractivity contribution in [2.75, 3.05) is 6.54 Å². The summed E-state index contributed by atoms with van der Waals surface area (Å²) >= 11 is 0.923. The fourth-order valence-corrected chi connectivity index (χ4v) is 1.74. The van der Waals surface area contributed by atoms with Gasteiger partial charge in [0.15, 0.2) is 0 Å². The number of halogens is 1. The topological polar surface area (TPSA) is 29.1 Å². The number of thioether (sulfide) groups is 1. The Morgan fingerprint density at radius 3 is 2.73 bits per heavy atom. The van der Waals surface area contributed by atoms with Gasteiger partial charge in [-0.25, -0.2) is 4.39 Å². The van der Waals surface area contributed by atoms with Crippen LogP contribution in [0.25, 0.3) is 0 Å². The van der Waals surface area contributed by atoms with Crippen molar-refractivity contribution >= 4 is 17.7 Å². The molecule has 0 aliphatic carbocycles. The summed E-state index contributed by atoms with van der Waals surface area (Å²) in [5.74, 6) is -0.550. The van der Waals surface area contributed by atoms with E-state index >= 15 is 0 Å². The summed E-state index contributed by atoms with van der Waals surface area (Å²) in [7, 11) is 0. The first kappa shape index (κ1) is 12.0. The second kappa shape index (κ2) is 6.45. The molecular formula is C11H14FNOS. The van der Waals surface area contributed by atoms with Crippen molar-refractivity contribution in [2.45, 2.75) is 23.7 Å². The average Bonchev–Trinajstić information content (AvgIpc) is 2.27. The summed E-state index contributed by atoms with van der Waals surface area (Å²) in [5.41, 5.74) is -1.53. The molecule has 0 spiro atoms. The van der Waals surface area contributed by atoms with E-state index in [1.165, 1.54) is 0 Å². The number of rotatable bonds is 5. The summed E-state index contributed by atoms with van der Waals surface area (Å²) in [6.07, 6.45) is 0.814. The number of nitrogens with one attached hydrogen (secondary N) is 1. The predicted octanol–water partition coefficient (Wildman–Crippen LogP) is 2.60. The van der Waals surface area contributed by atoms with E-state index in [1.54, 1.807) is 12.1 Å². The van der Waals surface area contributed by atoms with Crippen LogP contribution in [-0.4, -0.2) is 18.0 Å². The molecule has 0 radical (unpaired) electrons. The van der Waals surface area contributed by atoms with Crippen molar-refractivity contribution in [3.05, 3.63) is 30.3 Å². The van der Waals surface area contributed by atoms with Crippen LogP contribution in [-0.2, 0) is 4.79 Å². The van der Waals surface area contributed by atoms with Crippen LogP contribution in [0.1, 0.15) is 13.3 Å². The summed E-state index contributed by atoms with van der Waals surface area (Å²) in [6.45, 7) is 2.45. The van der Waals surface area contributed by atoms with Gasteiger partial charge in [0.2, 0.25) is 5.50 Å². The highest BCUT2D eigenvalue weighted by Gasteiger charge is 2.17. The van der Waals surface area contributed by atoms with Gasteiger partial charge in [-0.2, -0.15) is 0 Å². The molecular weight excluding hydrogens is 213 g/mol. The van der Waals surface area contributed by atoms with Crippen molar-refractivity contribution in [3.8, 4) is 0 Å². The molecule has 2 nitrogen and oxygen atoms in total. The van der Waals surface area contributed by atoms with Gasteiger partial charge in [0.05, 0.1) is 0 Å². The lowest BCUT2D eigenvalue weighted by molar-refractivity contribution is -0.123. The monoisotopic (exact) mass is 227 g/mol. The third kappa shape index (κ3) is 4.34. The van der Waals surface area contributed by atoms with Gasteiger partial charge in [0, 0.05) is 11.4 Å². The largest absolute Gasteiger partial charge is 0.353 e. The van der Waals surface area contributed by atoms with E-state index in [1.807, 2.05) is 25.1 Å². The number of alkyl halides is 1. The van der Waals surface area contributed by atoms with Gasteiger partial charge in [0.25, 0.3) is 5.91 Å². The smallest absolute Gasteiger partial charge is 0.265 e. The minimum Gasteiger partial charge on any atom is -0.353 e. The molecule has 0 aromatic heterocycles. The van der Waals surface area contributed by atoms with Crippen molar-refractivity contribution in [3.63, 3.8) is 0 Å². The van der Waals surface area contributed by atoms with Crippen molar-refractivity contribution in [1.82, 2.24) is 5.32 Å². The lowest BCUT2D eigenvalue weighted by Crippen LogP contribution is -2.30. The third-order valence-electron chi connectivity index (χ3n) is 1.74. The first-order valence-electron chi connectivity index (χ1n) is 4.87. The zero-order chi connectivity index (χ0) is 11.1. The molecule has 1 atom stereocenters. The molecule has 1 aromatic carbocycles. The Hall–Kier alpha value is -1.03. The lowest BCUT2D eigenvalue weighted by Gasteiger charge is -2.07. The average molecular weight is 227 g/mol. The SMILES string of the molecule is CCCNC(=O)C(F)Sc1ccccc1. The molecule has 0 saturated carbocycles. The molecule has 0 fully saturated rings. The maximum absolute atomic E-state index is 13.4. The molecule has 1 aromatic rings. The van der Waals surface area contributed by atoms with Crippen LogP contribution < -0.4 is 5.32 Å². The third-order valence-corrected chi connectivity index (χ3v) is 2.70.